The van der Waals surface area contributed by atoms with Gasteiger partial charge >= 0.3 is 12.1 Å². The fourth-order valence-corrected chi connectivity index (χ4v) is 4.76. The Balaban J connectivity index is 1.41. The molecule has 0 saturated heterocycles. The molecule has 2 amide bonds. The van der Waals surface area contributed by atoms with Crippen LogP contribution in [0.5, 0.6) is 0 Å². The number of alkyl carbamates (subject to hydrolysis) is 1. The molecule has 188 valence electrons. The van der Waals surface area contributed by atoms with Crippen molar-refractivity contribution in [2.75, 3.05) is 13.2 Å². The van der Waals surface area contributed by atoms with Gasteiger partial charge in [0.2, 0.25) is 5.91 Å². The normalized spacial score (nSPS) is 14.1. The average molecular weight is 481 g/mol. The lowest BCUT2D eigenvalue weighted by Gasteiger charge is -2.20. The van der Waals surface area contributed by atoms with Gasteiger partial charge in [-0.2, -0.15) is 0 Å². The smallest absolute Gasteiger partial charge is 0.407 e. The van der Waals surface area contributed by atoms with Crippen molar-refractivity contribution in [1.82, 2.24) is 10.6 Å². The zero-order chi connectivity index (χ0) is 25.4. The Kier molecular flexibility index (Phi) is 9.29. The van der Waals surface area contributed by atoms with E-state index in [4.69, 9.17) is 9.84 Å². The molecule has 7 heteroatoms. The lowest BCUT2D eigenvalue weighted by atomic mass is 9.88. The Morgan fingerprint density at radius 3 is 2.11 bits per heavy atom. The van der Waals surface area contributed by atoms with Crippen LogP contribution in [-0.2, 0) is 14.3 Å². The van der Waals surface area contributed by atoms with Crippen molar-refractivity contribution >= 4 is 18.0 Å². The van der Waals surface area contributed by atoms with E-state index in [0.717, 1.165) is 17.5 Å². The predicted octanol–water partition coefficient (Wildman–Crippen LogP) is 4.95. The summed E-state index contributed by atoms with van der Waals surface area (Å²) >= 11 is 0. The maximum atomic E-state index is 12.4. The van der Waals surface area contributed by atoms with Gasteiger partial charge in [-0.15, -0.1) is 0 Å². The van der Waals surface area contributed by atoms with Crippen LogP contribution in [0.25, 0.3) is 11.1 Å². The van der Waals surface area contributed by atoms with Gasteiger partial charge in [0.1, 0.15) is 6.61 Å². The van der Waals surface area contributed by atoms with Gasteiger partial charge in [-0.05, 0) is 53.9 Å². The molecule has 3 N–H and O–H groups in total. The van der Waals surface area contributed by atoms with E-state index in [2.05, 4.69) is 48.7 Å². The molecule has 1 aliphatic rings. The Morgan fingerprint density at radius 2 is 1.54 bits per heavy atom. The lowest BCUT2D eigenvalue weighted by molar-refractivity contribution is -0.137. The highest BCUT2D eigenvalue weighted by Crippen LogP contribution is 2.44. The minimum Gasteiger partial charge on any atom is -0.481 e. The van der Waals surface area contributed by atoms with E-state index in [1.54, 1.807) is 6.92 Å². The summed E-state index contributed by atoms with van der Waals surface area (Å²) in [5, 5.41) is 14.5. The second-order valence-corrected chi connectivity index (χ2v) is 9.65. The van der Waals surface area contributed by atoms with E-state index >= 15 is 0 Å². The third kappa shape index (κ3) is 7.31. The Labute approximate surface area is 207 Å². The first-order chi connectivity index (χ1) is 16.8. The third-order valence-electron chi connectivity index (χ3n) is 6.71. The van der Waals surface area contributed by atoms with Gasteiger partial charge in [-0.25, -0.2) is 4.79 Å². The zero-order valence-electron chi connectivity index (χ0n) is 20.8. The highest BCUT2D eigenvalue weighted by Gasteiger charge is 2.29. The van der Waals surface area contributed by atoms with E-state index in [9.17, 15) is 14.4 Å². The van der Waals surface area contributed by atoms with Gasteiger partial charge in [0.15, 0.2) is 0 Å². The van der Waals surface area contributed by atoms with Crippen LogP contribution >= 0.6 is 0 Å². The molecule has 0 bridgehead atoms. The van der Waals surface area contributed by atoms with Crippen LogP contribution in [0.4, 0.5) is 4.79 Å². The molecule has 7 nitrogen and oxygen atoms in total. The topological polar surface area (TPSA) is 105 Å². The van der Waals surface area contributed by atoms with Crippen LogP contribution in [0.1, 0.15) is 63.5 Å². The van der Waals surface area contributed by atoms with Crippen LogP contribution in [0, 0.1) is 11.8 Å². The van der Waals surface area contributed by atoms with E-state index in [1.165, 1.54) is 11.1 Å². The molecule has 0 fully saturated rings. The van der Waals surface area contributed by atoms with Crippen LogP contribution in [-0.4, -0.2) is 42.3 Å². The van der Waals surface area contributed by atoms with Crippen molar-refractivity contribution in [3.8, 4) is 11.1 Å². The summed E-state index contributed by atoms with van der Waals surface area (Å²) in [6.07, 6.45) is 1.07. The van der Waals surface area contributed by atoms with Gasteiger partial charge < -0.3 is 20.5 Å². The second kappa shape index (κ2) is 12.4. The molecule has 0 aromatic heterocycles. The number of fused-ring (bicyclic) bond motifs is 3. The molecule has 0 heterocycles. The molecule has 2 atom stereocenters. The first-order valence-electron chi connectivity index (χ1n) is 12.4. The van der Waals surface area contributed by atoms with Crippen molar-refractivity contribution in [3.63, 3.8) is 0 Å². The summed E-state index contributed by atoms with van der Waals surface area (Å²) in [7, 11) is 0. The molecule has 2 aromatic carbocycles. The van der Waals surface area contributed by atoms with Gasteiger partial charge in [-0.1, -0.05) is 62.4 Å². The number of amides is 2. The average Bonchev–Trinajstić information content (AvgIpc) is 3.13. The van der Waals surface area contributed by atoms with Crippen molar-refractivity contribution in [1.29, 1.82) is 0 Å². The number of ether oxygens (including phenoxy) is 1. The molecular formula is C28H36N2O5. The van der Waals surface area contributed by atoms with Crippen LogP contribution in [0.3, 0.4) is 0 Å². The first-order valence-corrected chi connectivity index (χ1v) is 12.4. The molecule has 0 spiro atoms. The summed E-state index contributed by atoms with van der Waals surface area (Å²) in [6, 6.07) is 15.9. The Morgan fingerprint density at radius 1 is 0.943 bits per heavy atom. The number of rotatable bonds is 12. The molecule has 2 aromatic rings. The van der Waals surface area contributed by atoms with Crippen molar-refractivity contribution in [3.05, 3.63) is 59.7 Å². The number of hydrogen-bond acceptors (Lipinski definition) is 4. The number of carbonyl (C=O) groups excluding carboxylic acids is 2. The Bertz CT molecular complexity index is 990. The number of hydrogen-bond donors (Lipinski definition) is 3. The summed E-state index contributed by atoms with van der Waals surface area (Å²) in [5.74, 6) is -0.380. The van der Waals surface area contributed by atoms with Crippen molar-refractivity contribution in [2.45, 2.75) is 58.4 Å². The standard InChI is InChI=1S/C28H36N2O5/c1-18(2)20(12-13-27(32)33)14-15-29-26(31)16-19(3)30-28(34)35-17-25-23-10-6-4-8-21(23)22-9-5-7-11-24(22)25/h4-11,18-20,25H,12-17H2,1-3H3,(H,29,31)(H,30,34)(H,32,33). The number of nitrogens with one attached hydrogen (secondary N) is 2. The number of carboxylic acid groups (broad SMARTS) is 1. The third-order valence-corrected chi connectivity index (χ3v) is 6.71. The van der Waals surface area contributed by atoms with Gasteiger partial charge in [-0.3, -0.25) is 9.59 Å². The predicted molar refractivity (Wildman–Crippen MR) is 135 cm³/mol. The fraction of sp³-hybridized carbons (Fsp3) is 0.464. The number of carbonyl (C=O) groups is 3. The fourth-order valence-electron chi connectivity index (χ4n) is 4.76. The molecule has 1 aliphatic carbocycles. The van der Waals surface area contributed by atoms with Crippen LogP contribution < -0.4 is 10.6 Å². The number of aliphatic carboxylic acids is 1. The summed E-state index contributed by atoms with van der Waals surface area (Å²) < 4.78 is 5.55. The molecule has 35 heavy (non-hydrogen) atoms. The highest BCUT2D eigenvalue weighted by atomic mass is 16.5. The molecule has 2 unspecified atom stereocenters. The number of carboxylic acids is 1. The molecule has 0 saturated carbocycles. The van der Waals surface area contributed by atoms with E-state index in [-0.39, 0.29) is 43.2 Å². The monoisotopic (exact) mass is 480 g/mol. The minimum atomic E-state index is -0.798. The van der Waals surface area contributed by atoms with Crippen LogP contribution in [0.2, 0.25) is 0 Å². The SMILES string of the molecule is CC(CC(=O)NCCC(CCC(=O)O)C(C)C)NC(=O)OCC1c2ccccc2-c2ccccc21. The van der Waals surface area contributed by atoms with Crippen molar-refractivity contribution < 1.29 is 24.2 Å². The number of benzene rings is 2. The molecular weight excluding hydrogens is 444 g/mol. The molecule has 0 radical (unpaired) electrons. The highest BCUT2D eigenvalue weighted by molar-refractivity contribution is 5.79. The second-order valence-electron chi connectivity index (χ2n) is 9.65. The van der Waals surface area contributed by atoms with Crippen LogP contribution in [0.15, 0.2) is 48.5 Å². The minimum absolute atomic E-state index is 0.0122. The van der Waals surface area contributed by atoms with E-state index in [1.807, 2.05) is 24.3 Å². The van der Waals surface area contributed by atoms with E-state index in [0.29, 0.717) is 18.9 Å². The zero-order valence-corrected chi connectivity index (χ0v) is 20.8. The van der Waals surface area contributed by atoms with Crippen molar-refractivity contribution in [2.24, 2.45) is 11.8 Å². The maximum absolute atomic E-state index is 12.4. The molecule has 0 aliphatic heterocycles. The first kappa shape index (κ1) is 26.3. The molecule has 3 rings (SSSR count). The maximum Gasteiger partial charge on any atom is 0.407 e. The van der Waals surface area contributed by atoms with E-state index < -0.39 is 12.1 Å². The Hall–Kier alpha value is -3.35. The van der Waals surface area contributed by atoms with Gasteiger partial charge in [0, 0.05) is 31.3 Å². The summed E-state index contributed by atoms with van der Waals surface area (Å²) in [4.78, 5) is 35.5. The quantitative estimate of drug-likeness (QED) is 0.399. The van der Waals surface area contributed by atoms with Gasteiger partial charge in [0.05, 0.1) is 0 Å². The summed E-state index contributed by atoms with van der Waals surface area (Å²) in [5.41, 5.74) is 4.64. The lowest BCUT2D eigenvalue weighted by Crippen LogP contribution is -2.38. The largest absolute Gasteiger partial charge is 0.481 e. The van der Waals surface area contributed by atoms with Gasteiger partial charge in [0.25, 0.3) is 0 Å². The summed E-state index contributed by atoms with van der Waals surface area (Å²) in [6.45, 7) is 6.61.